The molecule has 3 rings (SSSR count). The molecule has 3 N–H and O–H groups in total. The summed E-state index contributed by atoms with van der Waals surface area (Å²) in [5.41, 5.74) is 5.75. The van der Waals surface area contributed by atoms with Gasteiger partial charge >= 0.3 is 5.69 Å². The zero-order valence-electron chi connectivity index (χ0n) is 17.2. The molecule has 0 bridgehead atoms. The van der Waals surface area contributed by atoms with Gasteiger partial charge in [-0.15, -0.1) is 0 Å². The number of nitrogens with one attached hydrogen (secondary N) is 1. The molecule has 0 aliphatic heterocycles. The van der Waals surface area contributed by atoms with Gasteiger partial charge in [0.2, 0.25) is 0 Å². The number of rotatable bonds is 7. The molecule has 0 atom stereocenters. The Hall–Kier alpha value is -2.97. The molecule has 1 amide bonds. The monoisotopic (exact) mass is 463 g/mol. The molecule has 0 saturated heterocycles. The van der Waals surface area contributed by atoms with Gasteiger partial charge in [-0.25, -0.2) is 4.79 Å². The summed E-state index contributed by atoms with van der Waals surface area (Å²) in [6, 6.07) is 10.6. The first kappa shape index (κ1) is 22.7. The first-order chi connectivity index (χ1) is 14.8. The van der Waals surface area contributed by atoms with Crippen LogP contribution in [-0.4, -0.2) is 20.0 Å². The normalized spacial score (nSPS) is 11.0. The van der Waals surface area contributed by atoms with Gasteiger partial charge in [-0.05, 0) is 18.1 Å². The Balaban J connectivity index is 2.19. The number of aromatic nitrogens is 3. The largest absolute Gasteiger partial charge is 0.383 e. The maximum atomic E-state index is 13.5. The van der Waals surface area contributed by atoms with Gasteiger partial charge in [-0.1, -0.05) is 66.9 Å². The van der Waals surface area contributed by atoms with Crippen LogP contribution in [0.25, 0.3) is 0 Å². The molecule has 2 aromatic heterocycles. The molecule has 0 unspecified atom stereocenters. The minimum Gasteiger partial charge on any atom is -0.383 e. The molecule has 1 aromatic carbocycles. The zero-order valence-corrected chi connectivity index (χ0v) is 18.7. The molecule has 2 heterocycles. The summed E-state index contributed by atoms with van der Waals surface area (Å²) in [5, 5.41) is 0.404. The van der Waals surface area contributed by atoms with Gasteiger partial charge in [-0.3, -0.25) is 24.0 Å². The number of nitrogen functional groups attached to an aromatic ring is 1. The minimum atomic E-state index is -0.745. The number of hydrogen-bond acceptors (Lipinski definition) is 4. The van der Waals surface area contributed by atoms with Crippen LogP contribution in [0.4, 0.5) is 11.5 Å². The summed E-state index contributed by atoms with van der Waals surface area (Å²) in [4.78, 5) is 42.2. The van der Waals surface area contributed by atoms with Crippen molar-refractivity contribution in [2.75, 3.05) is 10.6 Å². The molecule has 0 radical (unpaired) electrons. The molecule has 31 heavy (non-hydrogen) atoms. The number of carbonyl (C=O) groups is 1. The smallest absolute Gasteiger partial charge is 0.330 e. The highest BCUT2D eigenvalue weighted by molar-refractivity contribution is 6.42. The third-order valence-corrected chi connectivity index (χ3v) is 5.83. The molecule has 0 saturated carbocycles. The summed E-state index contributed by atoms with van der Waals surface area (Å²) >= 11 is 12.2. The van der Waals surface area contributed by atoms with Crippen LogP contribution in [0.15, 0.2) is 46.0 Å². The molecule has 0 aliphatic rings. The second kappa shape index (κ2) is 9.45. The highest BCUT2D eigenvalue weighted by atomic mass is 35.5. The van der Waals surface area contributed by atoms with Gasteiger partial charge in [0.05, 0.1) is 11.6 Å². The first-order valence-corrected chi connectivity index (χ1v) is 10.5. The highest BCUT2D eigenvalue weighted by Gasteiger charge is 2.28. The third kappa shape index (κ3) is 4.55. The SMILES string of the molecule is CCCCn1c(N)c(N(Cc2ccccc2)C(=O)c2cc(Cl)c(Cl)n2C)c(=O)[nH]c1=O. The lowest BCUT2D eigenvalue weighted by Gasteiger charge is -2.25. The second-order valence-corrected chi connectivity index (χ2v) is 7.87. The number of unbranched alkanes of at least 4 members (excludes halogenated alkanes) is 1. The zero-order chi connectivity index (χ0) is 22.7. The number of halogens is 2. The van der Waals surface area contributed by atoms with Crippen LogP contribution < -0.4 is 21.9 Å². The second-order valence-electron chi connectivity index (χ2n) is 7.10. The number of carbonyl (C=O) groups excluding carboxylic acids is 1. The van der Waals surface area contributed by atoms with Crippen molar-refractivity contribution in [3.63, 3.8) is 0 Å². The number of anilines is 2. The average molecular weight is 464 g/mol. The Morgan fingerprint density at radius 2 is 1.87 bits per heavy atom. The Morgan fingerprint density at radius 3 is 2.45 bits per heavy atom. The molecule has 10 heteroatoms. The van der Waals surface area contributed by atoms with Crippen LogP contribution in [0, 0.1) is 0 Å². The fourth-order valence-electron chi connectivity index (χ4n) is 3.28. The number of aromatic amines is 1. The molecule has 0 fully saturated rings. The van der Waals surface area contributed by atoms with Crippen molar-refractivity contribution < 1.29 is 4.79 Å². The Kier molecular flexibility index (Phi) is 6.92. The Bertz CT molecular complexity index is 1210. The maximum Gasteiger partial charge on any atom is 0.330 e. The van der Waals surface area contributed by atoms with E-state index in [0.29, 0.717) is 13.0 Å². The van der Waals surface area contributed by atoms with E-state index in [-0.39, 0.29) is 33.9 Å². The number of amides is 1. The quantitative estimate of drug-likeness (QED) is 0.559. The topological polar surface area (TPSA) is 106 Å². The molecule has 164 valence electrons. The van der Waals surface area contributed by atoms with Crippen molar-refractivity contribution in [2.24, 2.45) is 7.05 Å². The van der Waals surface area contributed by atoms with Crippen molar-refractivity contribution in [2.45, 2.75) is 32.9 Å². The molecule has 0 spiro atoms. The minimum absolute atomic E-state index is 0.0549. The predicted molar refractivity (Wildman–Crippen MR) is 123 cm³/mol. The van der Waals surface area contributed by atoms with E-state index >= 15 is 0 Å². The van der Waals surface area contributed by atoms with Gasteiger partial charge in [0.15, 0.2) is 5.69 Å². The maximum absolute atomic E-state index is 13.5. The number of benzene rings is 1. The van der Waals surface area contributed by atoms with Gasteiger partial charge in [0.1, 0.15) is 16.7 Å². The molecular weight excluding hydrogens is 441 g/mol. The highest BCUT2D eigenvalue weighted by Crippen LogP contribution is 2.28. The van der Waals surface area contributed by atoms with E-state index in [1.807, 2.05) is 37.3 Å². The molecule has 3 aromatic rings. The van der Waals surface area contributed by atoms with Gasteiger partial charge in [0, 0.05) is 13.6 Å². The predicted octanol–water partition coefficient (Wildman–Crippen LogP) is 3.41. The van der Waals surface area contributed by atoms with Crippen molar-refractivity contribution in [3.8, 4) is 0 Å². The fourth-order valence-corrected chi connectivity index (χ4v) is 3.66. The number of nitrogens with zero attached hydrogens (tertiary/aromatic N) is 3. The van der Waals surface area contributed by atoms with E-state index in [2.05, 4.69) is 4.98 Å². The number of hydrogen-bond donors (Lipinski definition) is 2. The van der Waals surface area contributed by atoms with Crippen LogP contribution in [0.5, 0.6) is 0 Å². The first-order valence-electron chi connectivity index (χ1n) is 9.75. The standard InChI is InChI=1S/C21H23Cl2N5O3/c1-3-4-10-27-18(24)16(19(29)25-21(27)31)28(12-13-8-6-5-7-9-13)20(30)15-11-14(22)17(23)26(15)2/h5-9,11H,3-4,10,12,24H2,1-2H3,(H,25,29,31). The summed E-state index contributed by atoms with van der Waals surface area (Å²) < 4.78 is 2.71. The van der Waals surface area contributed by atoms with E-state index in [1.165, 1.54) is 20.1 Å². The number of nitrogens with two attached hydrogens (primary N) is 1. The van der Waals surface area contributed by atoms with Crippen LogP contribution >= 0.6 is 23.2 Å². The van der Waals surface area contributed by atoms with E-state index in [1.54, 1.807) is 7.05 Å². The van der Waals surface area contributed by atoms with E-state index in [9.17, 15) is 14.4 Å². The van der Waals surface area contributed by atoms with Crippen molar-refractivity contribution in [1.29, 1.82) is 0 Å². The summed E-state index contributed by atoms with van der Waals surface area (Å²) in [5.74, 6) is -0.601. The lowest BCUT2D eigenvalue weighted by atomic mass is 10.2. The summed E-state index contributed by atoms with van der Waals surface area (Å²) in [6.45, 7) is 2.35. The van der Waals surface area contributed by atoms with Crippen LogP contribution in [0.2, 0.25) is 10.2 Å². The van der Waals surface area contributed by atoms with Gasteiger partial charge in [0.25, 0.3) is 11.5 Å². The lowest BCUT2D eigenvalue weighted by molar-refractivity contribution is 0.0977. The van der Waals surface area contributed by atoms with Crippen LogP contribution in [0.3, 0.4) is 0 Å². The number of H-pyrrole nitrogens is 1. The van der Waals surface area contributed by atoms with Crippen molar-refractivity contribution >= 4 is 40.6 Å². The summed E-state index contributed by atoms with van der Waals surface area (Å²) in [6.07, 6.45) is 1.51. The van der Waals surface area contributed by atoms with Crippen molar-refractivity contribution in [3.05, 3.63) is 78.7 Å². The van der Waals surface area contributed by atoms with Gasteiger partial charge in [-0.2, -0.15) is 0 Å². The summed E-state index contributed by atoms with van der Waals surface area (Å²) in [7, 11) is 1.60. The molecule has 0 aliphatic carbocycles. The van der Waals surface area contributed by atoms with E-state index in [0.717, 1.165) is 12.0 Å². The van der Waals surface area contributed by atoms with Gasteiger partial charge < -0.3 is 10.3 Å². The lowest BCUT2D eigenvalue weighted by Crippen LogP contribution is -2.41. The molecular formula is C21H23Cl2N5O3. The van der Waals surface area contributed by atoms with Crippen molar-refractivity contribution in [1.82, 2.24) is 14.1 Å². The van der Waals surface area contributed by atoms with Crippen LogP contribution in [0.1, 0.15) is 35.8 Å². The third-order valence-electron chi connectivity index (χ3n) is 4.98. The Morgan fingerprint density at radius 1 is 1.19 bits per heavy atom. The Labute approximate surface area is 188 Å². The fraction of sp³-hybridized carbons (Fsp3) is 0.286. The molecule has 8 nitrogen and oxygen atoms in total. The van der Waals surface area contributed by atoms with Crippen LogP contribution in [-0.2, 0) is 20.1 Å². The van der Waals surface area contributed by atoms with E-state index in [4.69, 9.17) is 28.9 Å². The average Bonchev–Trinajstić information content (AvgIpc) is 3.00. The van der Waals surface area contributed by atoms with E-state index < -0.39 is 17.2 Å².